The van der Waals surface area contributed by atoms with Crippen LogP contribution in [0.3, 0.4) is 0 Å². The fourth-order valence-corrected chi connectivity index (χ4v) is 7.82. The number of rotatable bonds is 0. The molecule has 3 aromatic carbocycles. The van der Waals surface area contributed by atoms with E-state index in [0.29, 0.717) is 0 Å². The van der Waals surface area contributed by atoms with Crippen LogP contribution in [0.4, 0.5) is 0 Å². The molecule has 0 fully saturated rings. The van der Waals surface area contributed by atoms with Crippen LogP contribution in [-0.2, 0) is 5.66 Å². The number of benzene rings is 3. The van der Waals surface area contributed by atoms with E-state index < -0.39 is 5.66 Å². The third-order valence-corrected chi connectivity index (χ3v) is 9.00. The van der Waals surface area contributed by atoms with Crippen molar-refractivity contribution in [2.45, 2.75) is 5.66 Å². The Hall–Kier alpha value is -5.03. The number of pyridine rings is 4. The van der Waals surface area contributed by atoms with E-state index in [1.807, 2.05) is 12.4 Å². The number of hydrogen-bond donors (Lipinski definition) is 0. The minimum absolute atomic E-state index is 0.593. The Morgan fingerprint density at radius 3 is 2.49 bits per heavy atom. The molecule has 0 saturated heterocycles. The SMILES string of the molecule is c1ccc2c(c1)-c1cccc3[n+]1C21c2cccc4c5ccc6cncc7c8ccc([n+]1c8n(c24)c5c67)O3. The molecule has 8 aromatic rings. The zero-order valence-corrected chi connectivity index (χ0v) is 19.4. The second-order valence-corrected chi connectivity index (χ2v) is 10.4. The summed E-state index contributed by atoms with van der Waals surface area (Å²) in [6.07, 6.45) is 4.02. The monoisotopic (exact) mass is 472 g/mol. The number of hydrogen-bond acceptors (Lipinski definition) is 2. The average molecular weight is 473 g/mol. The van der Waals surface area contributed by atoms with Gasteiger partial charge >= 0.3 is 23.1 Å². The first kappa shape index (κ1) is 17.4. The molecule has 37 heavy (non-hydrogen) atoms. The van der Waals surface area contributed by atoms with Crippen LogP contribution >= 0.6 is 0 Å². The van der Waals surface area contributed by atoms with E-state index in [4.69, 9.17) is 4.74 Å². The number of aromatic nitrogens is 4. The van der Waals surface area contributed by atoms with E-state index in [9.17, 15) is 0 Å². The van der Waals surface area contributed by atoms with E-state index in [1.54, 1.807) is 0 Å². The van der Waals surface area contributed by atoms with Crippen molar-refractivity contribution < 1.29 is 13.9 Å². The minimum Gasteiger partial charge on any atom is -0.367 e. The van der Waals surface area contributed by atoms with Crippen molar-refractivity contribution in [2.24, 2.45) is 0 Å². The highest BCUT2D eigenvalue weighted by Gasteiger charge is 2.67. The molecule has 0 aliphatic carbocycles. The largest absolute Gasteiger partial charge is 0.381 e. The normalized spacial score (nSPS) is 18.1. The predicted molar refractivity (Wildman–Crippen MR) is 140 cm³/mol. The van der Waals surface area contributed by atoms with Gasteiger partial charge < -0.3 is 4.74 Å². The molecular weight excluding hydrogens is 456 g/mol. The van der Waals surface area contributed by atoms with Gasteiger partial charge in [-0.2, -0.15) is 4.40 Å². The number of ether oxygens (including phenoxy) is 1. The highest BCUT2D eigenvalue weighted by molar-refractivity contribution is 6.28. The zero-order valence-electron chi connectivity index (χ0n) is 19.4. The molecule has 0 radical (unpaired) electrons. The van der Waals surface area contributed by atoms with Crippen LogP contribution < -0.4 is 13.9 Å². The maximum atomic E-state index is 6.69. The molecular formula is C32H16N4O+2. The first-order chi connectivity index (χ1) is 18.4. The highest BCUT2D eigenvalue weighted by Crippen LogP contribution is 2.51. The van der Waals surface area contributed by atoms with E-state index in [1.165, 1.54) is 65.7 Å². The quantitative estimate of drug-likeness (QED) is 0.162. The average Bonchev–Trinajstić information content (AvgIpc) is 3.45. The molecule has 1 atom stereocenters. The second-order valence-electron chi connectivity index (χ2n) is 10.4. The lowest BCUT2D eigenvalue weighted by atomic mass is 9.87. The van der Waals surface area contributed by atoms with Crippen LogP contribution in [0.5, 0.6) is 11.8 Å². The highest BCUT2D eigenvalue weighted by atomic mass is 16.5. The Kier molecular flexibility index (Phi) is 2.46. The smallest absolute Gasteiger partial charge is 0.367 e. The molecule has 8 heterocycles. The van der Waals surface area contributed by atoms with Gasteiger partial charge in [-0.25, -0.2) is 0 Å². The van der Waals surface area contributed by atoms with Crippen LogP contribution in [0.25, 0.3) is 60.3 Å². The van der Waals surface area contributed by atoms with E-state index in [0.717, 1.165) is 17.4 Å². The van der Waals surface area contributed by atoms with Gasteiger partial charge in [-0.15, -0.1) is 9.13 Å². The summed E-state index contributed by atoms with van der Waals surface area (Å²) in [4.78, 5) is 4.66. The lowest BCUT2D eigenvalue weighted by Gasteiger charge is -2.32. The summed E-state index contributed by atoms with van der Waals surface area (Å²) in [5.74, 6) is 1.70. The molecule has 0 saturated carbocycles. The topological polar surface area (TPSA) is 34.3 Å². The summed E-state index contributed by atoms with van der Waals surface area (Å²) < 4.78 is 14.0. The van der Waals surface area contributed by atoms with E-state index in [2.05, 4.69) is 103 Å². The molecule has 1 spiro atoms. The van der Waals surface area contributed by atoms with Crippen molar-refractivity contribution in [3.05, 3.63) is 108 Å². The van der Waals surface area contributed by atoms with Gasteiger partial charge in [0.15, 0.2) is 5.52 Å². The molecule has 5 aromatic heterocycles. The van der Waals surface area contributed by atoms with Crippen LogP contribution in [-0.4, -0.2) is 9.38 Å². The predicted octanol–water partition coefficient (Wildman–Crippen LogP) is 5.66. The molecule has 0 bridgehead atoms. The lowest BCUT2D eigenvalue weighted by Crippen LogP contribution is -2.76. The van der Waals surface area contributed by atoms with Gasteiger partial charge in [-0.3, -0.25) is 4.98 Å². The maximum absolute atomic E-state index is 6.69. The summed E-state index contributed by atoms with van der Waals surface area (Å²) in [6.45, 7) is 0. The molecule has 11 rings (SSSR count). The molecule has 3 aliphatic rings. The molecule has 5 nitrogen and oxygen atoms in total. The summed E-state index contributed by atoms with van der Waals surface area (Å²) in [5, 5.41) is 7.37. The summed E-state index contributed by atoms with van der Waals surface area (Å²) in [6, 6.07) is 30.9. The molecule has 168 valence electrons. The third-order valence-electron chi connectivity index (χ3n) is 9.00. The van der Waals surface area contributed by atoms with Crippen LogP contribution in [0.15, 0.2) is 97.3 Å². The molecule has 0 N–H and O–H groups in total. The Morgan fingerprint density at radius 1 is 0.649 bits per heavy atom. The van der Waals surface area contributed by atoms with Gasteiger partial charge in [-0.1, -0.05) is 24.3 Å². The fraction of sp³-hybridized carbons (Fsp3) is 0.0312. The molecule has 0 amide bonds. The standard InChI is InChI=1S/C32H16N4O/c1-2-7-23-21(5-1)25-9-4-10-26-35(25)32(23)24-8-3-6-18-19-12-11-17-15-33-16-22-20-13-14-27(37-26)36(32)31(20)34(29(18)24)30(19)28(17)22/h1-16H/q+2. The van der Waals surface area contributed by atoms with Gasteiger partial charge in [0.25, 0.3) is 0 Å². The van der Waals surface area contributed by atoms with E-state index in [-0.39, 0.29) is 0 Å². The fourth-order valence-electron chi connectivity index (χ4n) is 7.82. The van der Waals surface area contributed by atoms with Gasteiger partial charge in [0.1, 0.15) is 11.1 Å². The number of nitrogens with zero attached hydrogens (tertiary/aromatic N) is 4. The Bertz CT molecular complexity index is 2400. The van der Waals surface area contributed by atoms with Crippen molar-refractivity contribution in [3.8, 4) is 23.0 Å². The van der Waals surface area contributed by atoms with Gasteiger partial charge in [0.2, 0.25) is 5.69 Å². The summed E-state index contributed by atoms with van der Waals surface area (Å²) in [5.41, 5.74) is 8.05. The second kappa shape index (κ2) is 5.22. The third kappa shape index (κ3) is 1.54. The van der Waals surface area contributed by atoms with Gasteiger partial charge in [0.05, 0.1) is 22.6 Å². The first-order valence-corrected chi connectivity index (χ1v) is 12.7. The van der Waals surface area contributed by atoms with E-state index >= 15 is 0 Å². The first-order valence-electron chi connectivity index (χ1n) is 12.7. The van der Waals surface area contributed by atoms with Crippen molar-refractivity contribution in [1.29, 1.82) is 0 Å². The zero-order chi connectivity index (χ0) is 23.6. The van der Waals surface area contributed by atoms with Crippen molar-refractivity contribution >= 4 is 49.0 Å². The van der Waals surface area contributed by atoms with Crippen molar-refractivity contribution in [3.63, 3.8) is 0 Å². The molecule has 5 heteroatoms. The number of para-hydroxylation sites is 1. The minimum atomic E-state index is -0.593. The van der Waals surface area contributed by atoms with Gasteiger partial charge in [-0.05, 0) is 42.5 Å². The Labute approximate surface area is 209 Å². The molecule has 3 aliphatic heterocycles. The van der Waals surface area contributed by atoms with Crippen LogP contribution in [0.2, 0.25) is 0 Å². The van der Waals surface area contributed by atoms with Crippen molar-refractivity contribution in [2.75, 3.05) is 0 Å². The Balaban J connectivity index is 1.57. The van der Waals surface area contributed by atoms with Gasteiger partial charge in [0, 0.05) is 51.5 Å². The summed E-state index contributed by atoms with van der Waals surface area (Å²) in [7, 11) is 0. The lowest BCUT2D eigenvalue weighted by molar-refractivity contribution is -0.968. The van der Waals surface area contributed by atoms with Crippen LogP contribution in [0, 0.1) is 0 Å². The van der Waals surface area contributed by atoms with Crippen LogP contribution in [0.1, 0.15) is 11.1 Å². The number of fused-ring (bicyclic) bond motifs is 4. The summed E-state index contributed by atoms with van der Waals surface area (Å²) >= 11 is 0. The maximum Gasteiger partial charge on any atom is 0.381 e. The Morgan fingerprint density at radius 2 is 1.49 bits per heavy atom. The van der Waals surface area contributed by atoms with Crippen molar-refractivity contribution in [1.82, 2.24) is 9.38 Å². The molecule has 1 unspecified atom stereocenters.